The molecule has 0 saturated carbocycles. The van der Waals surface area contributed by atoms with Gasteiger partial charge in [-0.3, -0.25) is 0 Å². The van der Waals surface area contributed by atoms with E-state index in [0.29, 0.717) is 6.04 Å². The van der Waals surface area contributed by atoms with Crippen LogP contribution in [0.25, 0.3) is 0 Å². The van der Waals surface area contributed by atoms with Gasteiger partial charge in [0.15, 0.2) is 0 Å². The number of fused-ring (bicyclic) bond motifs is 1. The topological polar surface area (TPSA) is 34.2 Å². The predicted molar refractivity (Wildman–Crippen MR) is 89.5 cm³/mol. The van der Waals surface area contributed by atoms with Crippen LogP contribution in [0.4, 0.5) is 0 Å². The van der Waals surface area contributed by atoms with Gasteiger partial charge in [0, 0.05) is 28.6 Å². The van der Waals surface area contributed by atoms with Gasteiger partial charge in [0.25, 0.3) is 0 Å². The highest BCUT2D eigenvalue weighted by molar-refractivity contribution is 7.99. The molecule has 3 rings (SSSR count). The molecule has 1 aliphatic heterocycles. The van der Waals surface area contributed by atoms with Gasteiger partial charge in [0.1, 0.15) is 11.9 Å². The SMILES string of the molecule is CCCNC(Cc1nccs1)C1CSc2ccccc2O1. The minimum absolute atomic E-state index is 0.195. The van der Waals surface area contributed by atoms with E-state index < -0.39 is 0 Å². The average molecular weight is 320 g/mol. The zero-order valence-corrected chi connectivity index (χ0v) is 13.8. The fourth-order valence-corrected chi connectivity index (χ4v) is 4.19. The Morgan fingerprint density at radius 2 is 2.33 bits per heavy atom. The van der Waals surface area contributed by atoms with Crippen molar-refractivity contribution >= 4 is 23.1 Å². The lowest BCUT2D eigenvalue weighted by Crippen LogP contribution is -2.47. The van der Waals surface area contributed by atoms with Crippen LogP contribution in [0.5, 0.6) is 5.75 Å². The first-order valence-electron chi connectivity index (χ1n) is 7.37. The third-order valence-corrected chi connectivity index (χ3v) is 5.46. The summed E-state index contributed by atoms with van der Waals surface area (Å²) in [4.78, 5) is 5.67. The molecule has 0 spiro atoms. The third-order valence-electron chi connectivity index (χ3n) is 3.51. The number of thiazole rings is 1. The van der Waals surface area contributed by atoms with Gasteiger partial charge < -0.3 is 10.1 Å². The summed E-state index contributed by atoms with van der Waals surface area (Å²) in [6.45, 7) is 3.21. The first-order valence-corrected chi connectivity index (χ1v) is 9.23. The van der Waals surface area contributed by atoms with Crippen LogP contribution >= 0.6 is 23.1 Å². The number of nitrogens with zero attached hydrogens (tertiary/aromatic N) is 1. The number of rotatable bonds is 6. The molecule has 0 bridgehead atoms. The number of ether oxygens (including phenoxy) is 1. The Bertz CT molecular complexity index is 559. The molecule has 2 heterocycles. The number of hydrogen-bond acceptors (Lipinski definition) is 5. The van der Waals surface area contributed by atoms with E-state index in [-0.39, 0.29) is 6.10 Å². The second-order valence-electron chi connectivity index (χ2n) is 5.10. The van der Waals surface area contributed by atoms with Crippen molar-refractivity contribution in [3.05, 3.63) is 40.8 Å². The second-order valence-corrected chi connectivity index (χ2v) is 7.15. The zero-order valence-electron chi connectivity index (χ0n) is 12.1. The van der Waals surface area contributed by atoms with E-state index in [1.54, 1.807) is 11.3 Å². The number of para-hydroxylation sites is 1. The Balaban J connectivity index is 1.71. The molecule has 2 unspecified atom stereocenters. The molecule has 2 atom stereocenters. The molecule has 0 amide bonds. The molecule has 1 N–H and O–H groups in total. The van der Waals surface area contributed by atoms with Gasteiger partial charge in [-0.2, -0.15) is 0 Å². The van der Waals surface area contributed by atoms with Crippen LogP contribution in [0.15, 0.2) is 40.7 Å². The molecule has 1 aliphatic rings. The van der Waals surface area contributed by atoms with E-state index in [9.17, 15) is 0 Å². The maximum Gasteiger partial charge on any atom is 0.133 e. The standard InChI is InChI=1S/C16H20N2OS2/c1-2-7-17-12(10-16-18-8-9-20-16)14-11-21-15-6-4-3-5-13(15)19-14/h3-6,8-9,12,14,17H,2,7,10-11H2,1H3. The Morgan fingerprint density at radius 1 is 1.43 bits per heavy atom. The molecule has 0 aliphatic carbocycles. The minimum Gasteiger partial charge on any atom is -0.487 e. The maximum atomic E-state index is 6.23. The van der Waals surface area contributed by atoms with Crippen molar-refractivity contribution in [1.29, 1.82) is 0 Å². The molecule has 0 saturated heterocycles. The van der Waals surface area contributed by atoms with E-state index in [1.807, 2.05) is 29.4 Å². The number of nitrogens with one attached hydrogen (secondary N) is 1. The van der Waals surface area contributed by atoms with Crippen molar-refractivity contribution in [3.8, 4) is 5.75 Å². The molecule has 21 heavy (non-hydrogen) atoms. The fourth-order valence-electron chi connectivity index (χ4n) is 2.44. The Hall–Kier alpha value is -1.04. The van der Waals surface area contributed by atoms with Crippen molar-refractivity contribution in [2.24, 2.45) is 0 Å². The number of benzene rings is 1. The van der Waals surface area contributed by atoms with E-state index in [2.05, 4.69) is 35.4 Å². The normalized spacial score (nSPS) is 18.8. The summed E-state index contributed by atoms with van der Waals surface area (Å²) in [7, 11) is 0. The maximum absolute atomic E-state index is 6.23. The summed E-state index contributed by atoms with van der Waals surface area (Å²) in [6.07, 6.45) is 4.14. The Morgan fingerprint density at radius 3 is 3.14 bits per heavy atom. The van der Waals surface area contributed by atoms with Gasteiger partial charge in [0.05, 0.1) is 11.0 Å². The molecular weight excluding hydrogens is 300 g/mol. The van der Waals surface area contributed by atoms with Crippen molar-refractivity contribution in [1.82, 2.24) is 10.3 Å². The summed E-state index contributed by atoms with van der Waals surface area (Å²) in [5, 5.41) is 6.85. The first kappa shape index (κ1) is 14.9. The number of aromatic nitrogens is 1. The van der Waals surface area contributed by atoms with Crippen LogP contribution in [0.3, 0.4) is 0 Å². The van der Waals surface area contributed by atoms with E-state index >= 15 is 0 Å². The Labute approximate surface area is 134 Å². The van der Waals surface area contributed by atoms with E-state index in [4.69, 9.17) is 4.74 Å². The summed E-state index contributed by atoms with van der Waals surface area (Å²) in [5.41, 5.74) is 0. The van der Waals surface area contributed by atoms with Gasteiger partial charge in [-0.15, -0.1) is 23.1 Å². The summed E-state index contributed by atoms with van der Waals surface area (Å²) < 4.78 is 6.23. The van der Waals surface area contributed by atoms with E-state index in [0.717, 1.165) is 30.9 Å². The van der Waals surface area contributed by atoms with Crippen molar-refractivity contribution < 1.29 is 4.74 Å². The van der Waals surface area contributed by atoms with Gasteiger partial charge in [-0.25, -0.2) is 4.98 Å². The molecular formula is C16H20N2OS2. The lowest BCUT2D eigenvalue weighted by atomic mass is 10.1. The fraction of sp³-hybridized carbons (Fsp3) is 0.438. The van der Waals surface area contributed by atoms with E-state index in [1.165, 1.54) is 9.90 Å². The largest absolute Gasteiger partial charge is 0.487 e. The van der Waals surface area contributed by atoms with Crippen LogP contribution in [-0.2, 0) is 6.42 Å². The highest BCUT2D eigenvalue weighted by Crippen LogP contribution is 2.36. The highest BCUT2D eigenvalue weighted by Gasteiger charge is 2.28. The predicted octanol–water partition coefficient (Wildman–Crippen LogP) is 3.61. The zero-order chi connectivity index (χ0) is 14.5. The van der Waals surface area contributed by atoms with Gasteiger partial charge in [0.2, 0.25) is 0 Å². The van der Waals surface area contributed by atoms with Crippen molar-refractivity contribution in [2.45, 2.75) is 36.8 Å². The number of thioether (sulfide) groups is 1. The van der Waals surface area contributed by atoms with Crippen molar-refractivity contribution in [3.63, 3.8) is 0 Å². The van der Waals surface area contributed by atoms with Crippen LogP contribution < -0.4 is 10.1 Å². The summed E-state index contributed by atoms with van der Waals surface area (Å²) in [5.74, 6) is 2.00. The third kappa shape index (κ3) is 3.78. The van der Waals surface area contributed by atoms with Crippen LogP contribution in [0, 0.1) is 0 Å². The summed E-state index contributed by atoms with van der Waals surface area (Å²) >= 11 is 3.61. The quantitative estimate of drug-likeness (QED) is 0.882. The first-order chi connectivity index (χ1) is 10.4. The molecule has 2 aromatic rings. The highest BCUT2D eigenvalue weighted by atomic mass is 32.2. The number of hydrogen-bond donors (Lipinski definition) is 1. The van der Waals surface area contributed by atoms with Gasteiger partial charge in [-0.05, 0) is 25.1 Å². The summed E-state index contributed by atoms with van der Waals surface area (Å²) in [6, 6.07) is 8.62. The van der Waals surface area contributed by atoms with Crippen LogP contribution in [0.1, 0.15) is 18.4 Å². The minimum atomic E-state index is 0.195. The molecule has 1 aromatic heterocycles. The van der Waals surface area contributed by atoms with Crippen LogP contribution in [0.2, 0.25) is 0 Å². The monoisotopic (exact) mass is 320 g/mol. The van der Waals surface area contributed by atoms with Gasteiger partial charge in [-0.1, -0.05) is 19.1 Å². The molecule has 0 radical (unpaired) electrons. The Kier molecular flexibility index (Phi) is 5.17. The van der Waals surface area contributed by atoms with Crippen molar-refractivity contribution in [2.75, 3.05) is 12.3 Å². The lowest BCUT2D eigenvalue weighted by Gasteiger charge is -2.32. The van der Waals surface area contributed by atoms with Crippen LogP contribution in [-0.4, -0.2) is 29.4 Å². The molecule has 1 aromatic carbocycles. The average Bonchev–Trinajstić information content (AvgIpc) is 3.04. The molecule has 112 valence electrons. The molecule has 0 fully saturated rings. The lowest BCUT2D eigenvalue weighted by molar-refractivity contribution is 0.165. The second kappa shape index (κ2) is 7.29. The molecule has 3 nitrogen and oxygen atoms in total. The van der Waals surface area contributed by atoms with Gasteiger partial charge >= 0.3 is 0 Å². The molecule has 5 heteroatoms. The smallest absolute Gasteiger partial charge is 0.133 e.